The number of sulfone groups is 1. The van der Waals surface area contributed by atoms with E-state index in [1.165, 1.54) is 30.3 Å². The second-order valence-electron chi connectivity index (χ2n) is 6.50. The molecule has 0 radical (unpaired) electrons. The SMILES string of the molecule is COc1cc(C(F)(F)F)ccc1S(=O)(=O)c1ccc(NC(=O)C=Cc2cccnc2)cc1. The molecule has 0 aliphatic carbocycles. The third-order valence-corrected chi connectivity index (χ3v) is 6.13. The number of ether oxygens (including phenoxy) is 1. The number of methoxy groups -OCH3 is 1. The van der Waals surface area contributed by atoms with Crippen LogP contribution in [-0.4, -0.2) is 26.4 Å². The summed E-state index contributed by atoms with van der Waals surface area (Å²) < 4.78 is 69.4. The maximum atomic E-state index is 12.9. The molecule has 166 valence electrons. The van der Waals surface area contributed by atoms with Crippen molar-refractivity contribution in [3.8, 4) is 5.75 Å². The minimum absolute atomic E-state index is 0.167. The van der Waals surface area contributed by atoms with Crippen molar-refractivity contribution in [3.63, 3.8) is 0 Å². The Balaban J connectivity index is 1.79. The molecule has 3 rings (SSSR count). The Morgan fingerprint density at radius 2 is 1.81 bits per heavy atom. The van der Waals surface area contributed by atoms with Gasteiger partial charge in [0.25, 0.3) is 0 Å². The smallest absolute Gasteiger partial charge is 0.416 e. The lowest BCUT2D eigenvalue weighted by Gasteiger charge is -2.13. The summed E-state index contributed by atoms with van der Waals surface area (Å²) in [5, 5.41) is 2.59. The van der Waals surface area contributed by atoms with E-state index in [4.69, 9.17) is 4.74 Å². The largest absolute Gasteiger partial charge is 0.495 e. The highest BCUT2D eigenvalue weighted by Gasteiger charge is 2.33. The topological polar surface area (TPSA) is 85.4 Å². The predicted molar refractivity (Wildman–Crippen MR) is 112 cm³/mol. The lowest BCUT2D eigenvalue weighted by Crippen LogP contribution is -2.10. The van der Waals surface area contributed by atoms with E-state index >= 15 is 0 Å². The van der Waals surface area contributed by atoms with Gasteiger partial charge in [-0.2, -0.15) is 13.2 Å². The first kappa shape index (κ1) is 23.0. The quantitative estimate of drug-likeness (QED) is 0.542. The van der Waals surface area contributed by atoms with Gasteiger partial charge in [0.05, 0.1) is 17.6 Å². The highest BCUT2D eigenvalue weighted by molar-refractivity contribution is 7.91. The van der Waals surface area contributed by atoms with Crippen LogP contribution in [-0.2, 0) is 20.8 Å². The summed E-state index contributed by atoms with van der Waals surface area (Å²) in [7, 11) is -3.07. The number of rotatable bonds is 6. The third-order valence-electron chi connectivity index (χ3n) is 4.32. The molecule has 0 spiro atoms. The average Bonchev–Trinajstić information content (AvgIpc) is 2.77. The molecule has 1 amide bonds. The number of amides is 1. The molecule has 1 aromatic heterocycles. The molecule has 0 aliphatic heterocycles. The van der Waals surface area contributed by atoms with E-state index in [9.17, 15) is 26.4 Å². The van der Waals surface area contributed by atoms with Crippen LogP contribution in [0.3, 0.4) is 0 Å². The van der Waals surface area contributed by atoms with Crippen molar-refractivity contribution in [2.75, 3.05) is 12.4 Å². The van der Waals surface area contributed by atoms with Gasteiger partial charge in [0, 0.05) is 24.2 Å². The van der Waals surface area contributed by atoms with Crippen LogP contribution in [0.15, 0.2) is 82.9 Å². The first-order chi connectivity index (χ1) is 15.1. The van der Waals surface area contributed by atoms with Gasteiger partial charge in [-0.25, -0.2) is 8.42 Å². The summed E-state index contributed by atoms with van der Waals surface area (Å²) in [6.45, 7) is 0. The molecule has 6 nitrogen and oxygen atoms in total. The Morgan fingerprint density at radius 1 is 1.09 bits per heavy atom. The summed E-state index contributed by atoms with van der Waals surface area (Å²) >= 11 is 0. The predicted octanol–water partition coefficient (Wildman–Crippen LogP) is 4.59. The molecular weight excluding hydrogens is 445 g/mol. The van der Waals surface area contributed by atoms with Crippen molar-refractivity contribution >= 4 is 27.5 Å². The molecule has 0 atom stereocenters. The molecule has 0 saturated carbocycles. The highest BCUT2D eigenvalue weighted by Crippen LogP contribution is 2.36. The molecular formula is C22H17F3N2O4S. The van der Waals surface area contributed by atoms with Crippen molar-refractivity contribution in [2.24, 2.45) is 0 Å². The zero-order chi connectivity index (χ0) is 23.4. The molecule has 10 heteroatoms. The molecule has 0 saturated heterocycles. The van der Waals surface area contributed by atoms with Gasteiger partial charge in [0.15, 0.2) is 0 Å². The van der Waals surface area contributed by atoms with Crippen molar-refractivity contribution in [1.29, 1.82) is 0 Å². The number of halogens is 3. The Kier molecular flexibility index (Phi) is 6.64. The third kappa shape index (κ3) is 5.33. The molecule has 32 heavy (non-hydrogen) atoms. The van der Waals surface area contributed by atoms with E-state index in [0.29, 0.717) is 17.8 Å². The summed E-state index contributed by atoms with van der Waals surface area (Å²) in [6, 6.07) is 10.9. The first-order valence-corrected chi connectivity index (χ1v) is 10.6. The summed E-state index contributed by atoms with van der Waals surface area (Å²) in [6.07, 6.45) is 1.42. The lowest BCUT2D eigenvalue weighted by atomic mass is 10.2. The minimum Gasteiger partial charge on any atom is -0.495 e. The number of nitrogens with one attached hydrogen (secondary N) is 1. The van der Waals surface area contributed by atoms with Gasteiger partial charge >= 0.3 is 6.18 Å². The summed E-state index contributed by atoms with van der Waals surface area (Å²) in [5.41, 5.74) is 0.0458. The standard InChI is InChI=1S/C22H17F3N2O4S/c1-31-19-13-16(22(23,24)25)5-10-20(19)32(29,30)18-8-6-17(7-9-18)27-21(28)11-4-15-3-2-12-26-14-15/h2-14H,1H3,(H,27,28). The number of nitrogens with zero attached hydrogens (tertiary/aromatic N) is 1. The van der Waals surface area contributed by atoms with Crippen LogP contribution in [0.4, 0.5) is 18.9 Å². The maximum Gasteiger partial charge on any atom is 0.416 e. The van der Waals surface area contributed by atoms with E-state index in [0.717, 1.165) is 18.7 Å². The van der Waals surface area contributed by atoms with E-state index in [-0.39, 0.29) is 4.90 Å². The highest BCUT2D eigenvalue weighted by atomic mass is 32.2. The van der Waals surface area contributed by atoms with Gasteiger partial charge in [-0.05, 0) is 60.2 Å². The normalized spacial score (nSPS) is 12.0. The van der Waals surface area contributed by atoms with E-state index in [1.807, 2.05) is 0 Å². The number of carbonyl (C=O) groups excluding carboxylic acids is 1. The van der Waals surface area contributed by atoms with E-state index < -0.39 is 38.1 Å². The first-order valence-electron chi connectivity index (χ1n) is 9.11. The van der Waals surface area contributed by atoms with Crippen LogP contribution in [0.25, 0.3) is 6.08 Å². The summed E-state index contributed by atoms with van der Waals surface area (Å²) in [5.74, 6) is -0.855. The minimum atomic E-state index is -4.64. The molecule has 3 aromatic rings. The zero-order valence-corrected chi connectivity index (χ0v) is 17.4. The van der Waals surface area contributed by atoms with Gasteiger partial charge in [0.2, 0.25) is 15.7 Å². The average molecular weight is 462 g/mol. The Bertz CT molecular complexity index is 1240. The lowest BCUT2D eigenvalue weighted by molar-refractivity contribution is -0.137. The van der Waals surface area contributed by atoms with Crippen molar-refractivity contribution in [1.82, 2.24) is 4.98 Å². The van der Waals surface area contributed by atoms with E-state index in [1.54, 1.807) is 30.6 Å². The van der Waals surface area contributed by atoms with Gasteiger partial charge in [-0.1, -0.05) is 6.07 Å². The number of benzene rings is 2. The molecule has 0 bridgehead atoms. The van der Waals surface area contributed by atoms with Crippen LogP contribution in [0.5, 0.6) is 5.75 Å². The summed E-state index contributed by atoms with van der Waals surface area (Å²) in [4.78, 5) is 15.4. The number of pyridine rings is 1. The van der Waals surface area contributed by atoms with Crippen LogP contribution in [0, 0.1) is 0 Å². The number of anilines is 1. The van der Waals surface area contributed by atoms with E-state index in [2.05, 4.69) is 10.3 Å². The molecule has 0 fully saturated rings. The fourth-order valence-electron chi connectivity index (χ4n) is 2.74. The maximum absolute atomic E-state index is 12.9. The van der Waals surface area contributed by atoms with Gasteiger partial charge in [0.1, 0.15) is 10.6 Å². The van der Waals surface area contributed by atoms with Gasteiger partial charge in [-0.15, -0.1) is 0 Å². The van der Waals surface area contributed by atoms with Crippen LogP contribution >= 0.6 is 0 Å². The van der Waals surface area contributed by atoms with Crippen molar-refractivity contribution < 1.29 is 31.1 Å². The molecule has 1 heterocycles. The Morgan fingerprint density at radius 3 is 2.41 bits per heavy atom. The second kappa shape index (κ2) is 9.23. The van der Waals surface area contributed by atoms with Crippen LogP contribution in [0.2, 0.25) is 0 Å². The number of alkyl halides is 3. The van der Waals surface area contributed by atoms with Crippen LogP contribution in [0.1, 0.15) is 11.1 Å². The van der Waals surface area contributed by atoms with Crippen LogP contribution < -0.4 is 10.1 Å². The fourth-order valence-corrected chi connectivity index (χ4v) is 4.14. The monoisotopic (exact) mass is 462 g/mol. The molecule has 0 aliphatic rings. The van der Waals surface area contributed by atoms with Gasteiger partial charge in [-0.3, -0.25) is 9.78 Å². The Hall–Kier alpha value is -3.66. The zero-order valence-electron chi connectivity index (χ0n) is 16.6. The molecule has 1 N–H and O–H groups in total. The van der Waals surface area contributed by atoms with Crippen molar-refractivity contribution in [2.45, 2.75) is 16.0 Å². The van der Waals surface area contributed by atoms with Crippen molar-refractivity contribution in [3.05, 3.63) is 84.2 Å². The van der Waals surface area contributed by atoms with Gasteiger partial charge < -0.3 is 10.1 Å². The Labute approximate surface area is 182 Å². The number of hydrogen-bond acceptors (Lipinski definition) is 5. The number of aromatic nitrogens is 1. The fraction of sp³-hybridized carbons (Fsp3) is 0.0909. The molecule has 0 unspecified atom stereocenters. The number of hydrogen-bond donors (Lipinski definition) is 1. The number of carbonyl (C=O) groups is 1. The molecule has 2 aromatic carbocycles. The second-order valence-corrected chi connectivity index (χ2v) is 8.42.